The molecule has 3 amide bonds. The van der Waals surface area contributed by atoms with Gasteiger partial charge in [0.25, 0.3) is 0 Å². The highest BCUT2D eigenvalue weighted by Crippen LogP contribution is 2.23. The molecule has 1 aromatic rings. The van der Waals surface area contributed by atoms with Crippen LogP contribution in [0.5, 0.6) is 0 Å². The molecule has 0 radical (unpaired) electrons. The SMILES string of the molecule is CCOC(=O)CNC(=O)CN1CCN(c2cccc(Cl)c2)C1=O. The number of rotatable bonds is 6. The number of benzene rings is 1. The monoisotopic (exact) mass is 339 g/mol. The van der Waals surface area contributed by atoms with E-state index in [-0.39, 0.29) is 25.7 Å². The maximum absolute atomic E-state index is 12.3. The Hall–Kier alpha value is -2.28. The summed E-state index contributed by atoms with van der Waals surface area (Å²) in [5.41, 5.74) is 0.692. The fourth-order valence-electron chi connectivity index (χ4n) is 2.22. The van der Waals surface area contributed by atoms with Gasteiger partial charge in [0.15, 0.2) is 0 Å². The molecule has 7 nitrogen and oxygen atoms in total. The van der Waals surface area contributed by atoms with Gasteiger partial charge < -0.3 is 15.0 Å². The molecule has 0 spiro atoms. The van der Waals surface area contributed by atoms with E-state index in [4.69, 9.17) is 16.3 Å². The number of nitrogens with zero attached hydrogens (tertiary/aromatic N) is 2. The highest BCUT2D eigenvalue weighted by atomic mass is 35.5. The van der Waals surface area contributed by atoms with Crippen LogP contribution < -0.4 is 10.2 Å². The Morgan fingerprint density at radius 3 is 2.83 bits per heavy atom. The number of urea groups is 1. The van der Waals surface area contributed by atoms with E-state index in [2.05, 4.69) is 5.32 Å². The zero-order valence-electron chi connectivity index (χ0n) is 12.8. The van der Waals surface area contributed by atoms with Gasteiger partial charge in [-0.05, 0) is 25.1 Å². The standard InChI is InChI=1S/C15H18ClN3O4/c1-2-23-14(21)9-17-13(20)10-18-6-7-19(15(18)22)12-5-3-4-11(16)8-12/h3-5,8H,2,6-7,9-10H2,1H3,(H,17,20). The van der Waals surface area contributed by atoms with Crippen molar-refractivity contribution < 1.29 is 19.1 Å². The topological polar surface area (TPSA) is 79.0 Å². The lowest BCUT2D eigenvalue weighted by Crippen LogP contribution is -2.41. The number of halogens is 1. The normalized spacial score (nSPS) is 14.1. The van der Waals surface area contributed by atoms with Gasteiger partial charge in [0.05, 0.1) is 6.61 Å². The summed E-state index contributed by atoms with van der Waals surface area (Å²) in [6, 6.07) is 6.71. The van der Waals surface area contributed by atoms with Gasteiger partial charge in [0.2, 0.25) is 5.91 Å². The lowest BCUT2D eigenvalue weighted by atomic mass is 10.3. The van der Waals surface area contributed by atoms with E-state index in [0.717, 1.165) is 0 Å². The summed E-state index contributed by atoms with van der Waals surface area (Å²) in [4.78, 5) is 38.3. The molecule has 1 N–H and O–H groups in total. The molecule has 8 heteroatoms. The van der Waals surface area contributed by atoms with Crippen LogP contribution in [0.25, 0.3) is 0 Å². The Morgan fingerprint density at radius 2 is 2.13 bits per heavy atom. The predicted octanol–water partition coefficient (Wildman–Crippen LogP) is 1.26. The van der Waals surface area contributed by atoms with Crippen LogP contribution in [-0.4, -0.2) is 55.6 Å². The van der Waals surface area contributed by atoms with E-state index in [1.807, 2.05) is 0 Å². The summed E-state index contributed by atoms with van der Waals surface area (Å²) in [5, 5.41) is 2.97. The molecule has 0 aromatic heterocycles. The summed E-state index contributed by atoms with van der Waals surface area (Å²) in [6.07, 6.45) is 0. The van der Waals surface area contributed by atoms with E-state index in [1.165, 1.54) is 4.90 Å². The van der Waals surface area contributed by atoms with Gasteiger partial charge in [0, 0.05) is 23.8 Å². The zero-order valence-corrected chi connectivity index (χ0v) is 13.5. The van der Waals surface area contributed by atoms with Crippen LogP contribution in [0.3, 0.4) is 0 Å². The number of carbonyl (C=O) groups excluding carboxylic acids is 3. The molecule has 1 fully saturated rings. The molecule has 1 aliphatic rings. The molecule has 1 aromatic carbocycles. The maximum atomic E-state index is 12.3. The second-order valence-corrected chi connectivity index (χ2v) is 5.35. The predicted molar refractivity (Wildman–Crippen MR) is 85.4 cm³/mol. The van der Waals surface area contributed by atoms with Crippen LogP contribution in [0, 0.1) is 0 Å². The fraction of sp³-hybridized carbons (Fsp3) is 0.400. The van der Waals surface area contributed by atoms with Gasteiger partial charge in [-0.25, -0.2) is 4.79 Å². The molecular weight excluding hydrogens is 322 g/mol. The van der Waals surface area contributed by atoms with Gasteiger partial charge in [-0.2, -0.15) is 0 Å². The molecule has 0 saturated carbocycles. The quantitative estimate of drug-likeness (QED) is 0.791. The van der Waals surface area contributed by atoms with Crippen molar-refractivity contribution in [1.82, 2.24) is 10.2 Å². The van der Waals surface area contributed by atoms with Crippen LogP contribution in [0.15, 0.2) is 24.3 Å². The van der Waals surface area contributed by atoms with Crippen molar-refractivity contribution in [3.63, 3.8) is 0 Å². The maximum Gasteiger partial charge on any atom is 0.325 e. The van der Waals surface area contributed by atoms with E-state index in [0.29, 0.717) is 23.8 Å². The molecule has 1 aliphatic heterocycles. The smallest absolute Gasteiger partial charge is 0.325 e. The number of hydrogen-bond donors (Lipinski definition) is 1. The highest BCUT2D eigenvalue weighted by Gasteiger charge is 2.30. The minimum atomic E-state index is -0.505. The van der Waals surface area contributed by atoms with Crippen molar-refractivity contribution in [1.29, 1.82) is 0 Å². The van der Waals surface area contributed by atoms with E-state index in [9.17, 15) is 14.4 Å². The Labute approximate surface area is 139 Å². The summed E-state index contributed by atoms with van der Waals surface area (Å²) in [7, 11) is 0. The number of esters is 1. The zero-order chi connectivity index (χ0) is 16.8. The van der Waals surface area contributed by atoms with Crippen LogP contribution in [0.1, 0.15) is 6.92 Å². The number of anilines is 1. The summed E-state index contributed by atoms with van der Waals surface area (Å²) in [5.74, 6) is -0.909. The van der Waals surface area contributed by atoms with Crippen LogP contribution in [0.4, 0.5) is 10.5 Å². The van der Waals surface area contributed by atoms with Gasteiger partial charge in [0.1, 0.15) is 13.1 Å². The average Bonchev–Trinajstić information content (AvgIpc) is 2.87. The number of ether oxygens (including phenoxy) is 1. The molecule has 23 heavy (non-hydrogen) atoms. The minimum Gasteiger partial charge on any atom is -0.465 e. The molecule has 0 aliphatic carbocycles. The molecule has 0 bridgehead atoms. The number of amides is 3. The molecule has 0 atom stereocenters. The molecule has 1 heterocycles. The van der Waals surface area contributed by atoms with Crippen molar-refractivity contribution in [2.45, 2.75) is 6.92 Å². The van der Waals surface area contributed by atoms with E-state index >= 15 is 0 Å². The van der Waals surface area contributed by atoms with E-state index < -0.39 is 11.9 Å². The van der Waals surface area contributed by atoms with Gasteiger partial charge in [-0.15, -0.1) is 0 Å². The first-order valence-corrected chi connectivity index (χ1v) is 7.63. The second-order valence-electron chi connectivity index (χ2n) is 4.92. The van der Waals surface area contributed by atoms with Crippen molar-refractivity contribution in [2.75, 3.05) is 37.7 Å². The lowest BCUT2D eigenvalue weighted by molar-refractivity contribution is -0.143. The fourth-order valence-corrected chi connectivity index (χ4v) is 2.41. The van der Waals surface area contributed by atoms with Crippen molar-refractivity contribution in [2.24, 2.45) is 0 Å². The lowest BCUT2D eigenvalue weighted by Gasteiger charge is -2.18. The number of carbonyl (C=O) groups is 3. The van der Waals surface area contributed by atoms with Gasteiger partial charge in [-0.3, -0.25) is 14.5 Å². The van der Waals surface area contributed by atoms with Crippen LogP contribution in [0.2, 0.25) is 5.02 Å². The first-order valence-electron chi connectivity index (χ1n) is 7.25. The minimum absolute atomic E-state index is 0.102. The summed E-state index contributed by atoms with van der Waals surface area (Å²) >= 11 is 5.93. The van der Waals surface area contributed by atoms with Crippen molar-refractivity contribution in [3.8, 4) is 0 Å². The Morgan fingerprint density at radius 1 is 1.35 bits per heavy atom. The Kier molecular flexibility index (Phi) is 5.81. The summed E-state index contributed by atoms with van der Waals surface area (Å²) < 4.78 is 4.71. The summed E-state index contributed by atoms with van der Waals surface area (Å²) in [6.45, 7) is 2.55. The first kappa shape index (κ1) is 17.1. The average molecular weight is 340 g/mol. The number of nitrogens with one attached hydrogen (secondary N) is 1. The Balaban J connectivity index is 1.87. The molecular formula is C15H18ClN3O4. The second kappa shape index (κ2) is 7.82. The molecule has 2 rings (SSSR count). The highest BCUT2D eigenvalue weighted by molar-refractivity contribution is 6.30. The van der Waals surface area contributed by atoms with Crippen molar-refractivity contribution >= 4 is 35.2 Å². The Bertz CT molecular complexity index is 608. The van der Waals surface area contributed by atoms with Gasteiger partial charge >= 0.3 is 12.0 Å². The third kappa shape index (κ3) is 4.59. The largest absolute Gasteiger partial charge is 0.465 e. The van der Waals surface area contributed by atoms with Crippen LogP contribution in [-0.2, 0) is 14.3 Å². The molecule has 0 unspecified atom stereocenters. The molecule has 124 valence electrons. The number of hydrogen-bond acceptors (Lipinski definition) is 4. The first-order chi connectivity index (χ1) is 11.0. The van der Waals surface area contributed by atoms with Crippen LogP contribution >= 0.6 is 11.6 Å². The third-order valence-corrected chi connectivity index (χ3v) is 3.52. The van der Waals surface area contributed by atoms with E-state index in [1.54, 1.807) is 36.1 Å². The molecule has 1 saturated heterocycles. The van der Waals surface area contributed by atoms with Gasteiger partial charge in [-0.1, -0.05) is 17.7 Å². The third-order valence-electron chi connectivity index (χ3n) is 3.28. The van der Waals surface area contributed by atoms with Crippen molar-refractivity contribution in [3.05, 3.63) is 29.3 Å².